The van der Waals surface area contributed by atoms with Crippen molar-refractivity contribution >= 4 is 39.2 Å². The van der Waals surface area contributed by atoms with Gasteiger partial charge in [0, 0.05) is 18.7 Å². The Morgan fingerprint density at radius 3 is 2.38 bits per heavy atom. The Morgan fingerprint density at radius 2 is 1.72 bits per heavy atom. The molecule has 0 radical (unpaired) electrons. The zero-order chi connectivity index (χ0) is 21.0. The predicted molar refractivity (Wildman–Crippen MR) is 109 cm³/mol. The number of halogens is 3. The molecule has 1 aliphatic rings. The summed E-state index contributed by atoms with van der Waals surface area (Å²) in [5.74, 6) is -1.39. The molecule has 0 atom stereocenters. The Kier molecular flexibility index (Phi) is 7.16. The van der Waals surface area contributed by atoms with Gasteiger partial charge in [-0.3, -0.25) is 0 Å². The Morgan fingerprint density at radius 1 is 1.03 bits per heavy atom. The number of sulfonamides is 1. The molecular weight excluding hydrogens is 440 g/mol. The number of hydrogen-bond acceptors (Lipinski definition) is 4. The van der Waals surface area contributed by atoms with Gasteiger partial charge in [-0.25, -0.2) is 17.6 Å². The van der Waals surface area contributed by atoms with Gasteiger partial charge in [-0.15, -0.1) is 0 Å². The zero-order valence-corrected chi connectivity index (χ0v) is 17.9. The van der Waals surface area contributed by atoms with Crippen molar-refractivity contribution in [3.63, 3.8) is 0 Å². The van der Waals surface area contributed by atoms with E-state index in [-0.39, 0.29) is 32.7 Å². The van der Waals surface area contributed by atoms with Gasteiger partial charge in [0.1, 0.15) is 17.3 Å². The van der Waals surface area contributed by atoms with Gasteiger partial charge in [-0.1, -0.05) is 42.1 Å². The Bertz CT molecular complexity index is 985. The number of hydrogen-bond donors (Lipinski definition) is 0. The number of carbonyl (C=O) groups excluding carboxylic acids is 1. The van der Waals surface area contributed by atoms with E-state index >= 15 is 0 Å². The molecule has 156 valence electrons. The molecule has 5 nitrogen and oxygen atoms in total. The molecule has 3 rings (SSSR count). The Balaban J connectivity index is 1.81. The number of benzene rings is 2. The van der Waals surface area contributed by atoms with Crippen LogP contribution in [0.15, 0.2) is 41.3 Å². The van der Waals surface area contributed by atoms with E-state index in [0.29, 0.717) is 13.1 Å². The van der Waals surface area contributed by atoms with E-state index in [2.05, 4.69) is 0 Å². The standard InChI is InChI=1S/C20H20Cl2FNO4S/c21-16-6-5-7-18(23)15(16)13-28-20(25)14-8-9-17(22)19(12-14)29(26,27)24-10-3-1-2-4-11-24/h5-9,12H,1-4,10-11,13H2. The highest BCUT2D eigenvalue weighted by Gasteiger charge is 2.28. The quantitative estimate of drug-likeness (QED) is 0.586. The van der Waals surface area contributed by atoms with E-state index in [0.717, 1.165) is 25.7 Å². The summed E-state index contributed by atoms with van der Waals surface area (Å²) in [7, 11) is -3.84. The number of rotatable bonds is 5. The van der Waals surface area contributed by atoms with Crippen molar-refractivity contribution in [1.82, 2.24) is 4.31 Å². The van der Waals surface area contributed by atoms with Crippen molar-refractivity contribution in [2.75, 3.05) is 13.1 Å². The highest BCUT2D eigenvalue weighted by Crippen LogP contribution is 2.28. The number of nitrogens with zero attached hydrogens (tertiary/aromatic N) is 1. The summed E-state index contributed by atoms with van der Waals surface area (Å²) >= 11 is 12.1. The van der Waals surface area contributed by atoms with E-state index in [9.17, 15) is 17.6 Å². The van der Waals surface area contributed by atoms with E-state index in [1.165, 1.54) is 40.7 Å². The summed E-state index contributed by atoms with van der Waals surface area (Å²) in [5, 5.41) is 0.168. The molecule has 29 heavy (non-hydrogen) atoms. The largest absolute Gasteiger partial charge is 0.457 e. The SMILES string of the molecule is O=C(OCc1c(F)cccc1Cl)c1ccc(Cl)c(S(=O)(=O)N2CCCCCC2)c1. The number of ether oxygens (including phenoxy) is 1. The van der Waals surface area contributed by atoms with Crippen LogP contribution < -0.4 is 0 Å². The van der Waals surface area contributed by atoms with Crippen molar-refractivity contribution < 1.29 is 22.3 Å². The summed E-state index contributed by atoms with van der Waals surface area (Å²) in [4.78, 5) is 12.3. The highest BCUT2D eigenvalue weighted by atomic mass is 35.5. The third kappa shape index (κ3) is 5.09. The van der Waals surface area contributed by atoms with Crippen molar-refractivity contribution in [2.45, 2.75) is 37.2 Å². The molecule has 0 aliphatic carbocycles. The van der Waals surface area contributed by atoms with E-state index in [1.807, 2.05) is 0 Å². The molecule has 1 saturated heterocycles. The lowest BCUT2D eigenvalue weighted by molar-refractivity contribution is 0.0469. The normalized spacial score (nSPS) is 15.7. The highest BCUT2D eigenvalue weighted by molar-refractivity contribution is 7.89. The minimum absolute atomic E-state index is 0.00950. The maximum absolute atomic E-state index is 13.8. The lowest BCUT2D eigenvalue weighted by Gasteiger charge is -2.21. The van der Waals surface area contributed by atoms with Crippen LogP contribution in [0.3, 0.4) is 0 Å². The molecule has 0 spiro atoms. The van der Waals surface area contributed by atoms with Crippen LogP contribution in [0, 0.1) is 5.82 Å². The molecule has 0 aromatic heterocycles. The first kappa shape index (κ1) is 22.0. The van der Waals surface area contributed by atoms with Crippen molar-refractivity contribution in [3.05, 3.63) is 63.4 Å². The van der Waals surface area contributed by atoms with Gasteiger partial charge >= 0.3 is 5.97 Å². The monoisotopic (exact) mass is 459 g/mol. The lowest BCUT2D eigenvalue weighted by atomic mass is 10.2. The van der Waals surface area contributed by atoms with E-state index < -0.39 is 21.8 Å². The fourth-order valence-corrected chi connectivity index (χ4v) is 5.38. The third-order valence-corrected chi connectivity index (χ3v) is 7.49. The second kappa shape index (κ2) is 9.43. The Labute approximate surface area is 179 Å². The smallest absolute Gasteiger partial charge is 0.338 e. The molecule has 0 bridgehead atoms. The van der Waals surface area contributed by atoms with E-state index in [1.54, 1.807) is 0 Å². The van der Waals surface area contributed by atoms with Gasteiger partial charge in [-0.2, -0.15) is 4.31 Å². The number of carbonyl (C=O) groups is 1. The first-order chi connectivity index (χ1) is 13.8. The van der Waals surface area contributed by atoms with Gasteiger partial charge in [0.25, 0.3) is 0 Å². The maximum atomic E-state index is 13.8. The van der Waals surface area contributed by atoms with Gasteiger partial charge in [-0.05, 0) is 43.2 Å². The summed E-state index contributed by atoms with van der Waals surface area (Å²) in [5.41, 5.74) is 0.0594. The molecule has 0 saturated carbocycles. The van der Waals surface area contributed by atoms with Gasteiger partial charge < -0.3 is 4.74 Å². The molecule has 9 heteroatoms. The average Bonchev–Trinajstić information content (AvgIpc) is 2.98. The lowest BCUT2D eigenvalue weighted by Crippen LogP contribution is -2.32. The van der Waals surface area contributed by atoms with Crippen LogP contribution >= 0.6 is 23.2 Å². The molecule has 0 unspecified atom stereocenters. The summed E-state index contributed by atoms with van der Waals surface area (Å²) in [6, 6.07) is 8.06. The predicted octanol–water partition coefficient (Wildman–Crippen LogP) is 5.05. The first-order valence-corrected chi connectivity index (χ1v) is 11.4. The van der Waals surface area contributed by atoms with Crippen LogP contribution in [0.2, 0.25) is 10.0 Å². The van der Waals surface area contributed by atoms with Crippen LogP contribution in [-0.4, -0.2) is 31.8 Å². The summed E-state index contributed by atoms with van der Waals surface area (Å²) < 4.78 is 46.4. The molecule has 2 aromatic carbocycles. The Hall–Kier alpha value is -1.67. The molecular formula is C20H20Cl2FNO4S. The molecule has 0 N–H and O–H groups in total. The van der Waals surface area contributed by atoms with Crippen molar-refractivity contribution in [3.8, 4) is 0 Å². The van der Waals surface area contributed by atoms with Crippen molar-refractivity contribution in [1.29, 1.82) is 0 Å². The van der Waals surface area contributed by atoms with E-state index in [4.69, 9.17) is 27.9 Å². The second-order valence-electron chi connectivity index (χ2n) is 6.74. The molecule has 1 fully saturated rings. The minimum atomic E-state index is -3.84. The van der Waals surface area contributed by atoms with Crippen LogP contribution in [0.4, 0.5) is 4.39 Å². The molecule has 1 aliphatic heterocycles. The number of esters is 1. The van der Waals surface area contributed by atoms with Gasteiger partial charge in [0.05, 0.1) is 15.6 Å². The minimum Gasteiger partial charge on any atom is -0.457 e. The topological polar surface area (TPSA) is 63.7 Å². The third-order valence-electron chi connectivity index (χ3n) is 4.76. The summed E-state index contributed by atoms with van der Waals surface area (Å²) in [6.45, 7) is 0.458. The molecule has 0 amide bonds. The first-order valence-electron chi connectivity index (χ1n) is 9.20. The average molecular weight is 460 g/mol. The summed E-state index contributed by atoms with van der Waals surface area (Å²) in [6.07, 6.45) is 3.51. The maximum Gasteiger partial charge on any atom is 0.338 e. The molecule has 1 heterocycles. The van der Waals surface area contributed by atoms with Crippen molar-refractivity contribution in [2.24, 2.45) is 0 Å². The van der Waals surface area contributed by atoms with Crippen LogP contribution in [-0.2, 0) is 21.4 Å². The van der Waals surface area contributed by atoms with Gasteiger partial charge in [0.15, 0.2) is 0 Å². The van der Waals surface area contributed by atoms with Crippen LogP contribution in [0.5, 0.6) is 0 Å². The van der Waals surface area contributed by atoms with Crippen LogP contribution in [0.25, 0.3) is 0 Å². The van der Waals surface area contributed by atoms with Gasteiger partial charge in [0.2, 0.25) is 10.0 Å². The molecule has 2 aromatic rings. The fourth-order valence-electron chi connectivity index (χ4n) is 3.14. The fraction of sp³-hybridized carbons (Fsp3) is 0.350. The second-order valence-corrected chi connectivity index (χ2v) is 9.46. The van der Waals surface area contributed by atoms with Crippen LogP contribution in [0.1, 0.15) is 41.6 Å². The zero-order valence-electron chi connectivity index (χ0n) is 15.5.